The third-order valence-electron chi connectivity index (χ3n) is 2.89. The Hall–Kier alpha value is -1.30. The van der Waals surface area contributed by atoms with E-state index >= 15 is 0 Å². The van der Waals surface area contributed by atoms with Gasteiger partial charge in [0.1, 0.15) is 0 Å². The molecule has 18 heavy (non-hydrogen) atoms. The van der Waals surface area contributed by atoms with Crippen LogP contribution in [0.15, 0.2) is 18.2 Å². The first-order valence-electron chi connectivity index (χ1n) is 5.69. The summed E-state index contributed by atoms with van der Waals surface area (Å²) in [6.07, 6.45) is -0.341. The molecule has 1 unspecified atom stereocenters. The predicted molar refractivity (Wildman–Crippen MR) is 68.6 cm³/mol. The first kappa shape index (κ1) is 13.1. The number of hydrogen-bond donors (Lipinski definition) is 2. The van der Waals surface area contributed by atoms with Crippen molar-refractivity contribution in [2.45, 2.75) is 6.10 Å². The minimum absolute atomic E-state index is 0.109. The van der Waals surface area contributed by atoms with Gasteiger partial charge in [0, 0.05) is 18.8 Å². The van der Waals surface area contributed by atoms with Crippen LogP contribution >= 0.6 is 11.6 Å². The molecular formula is C12H15ClN2O3. The van der Waals surface area contributed by atoms with Crippen LogP contribution in [0, 0.1) is 0 Å². The number of carbonyl (C=O) groups is 1. The van der Waals surface area contributed by atoms with Gasteiger partial charge in [-0.3, -0.25) is 4.79 Å². The number of nitrogens with zero attached hydrogens (tertiary/aromatic N) is 1. The number of amides is 1. The van der Waals surface area contributed by atoms with Crippen LogP contribution in [0.5, 0.6) is 0 Å². The Bertz CT molecular complexity index is 433. The molecule has 0 aliphatic carbocycles. The average molecular weight is 271 g/mol. The summed E-state index contributed by atoms with van der Waals surface area (Å²) in [4.78, 5) is 13.9. The summed E-state index contributed by atoms with van der Waals surface area (Å²) in [5.41, 5.74) is 6.46. The molecule has 98 valence electrons. The van der Waals surface area contributed by atoms with E-state index < -0.39 is 0 Å². The van der Waals surface area contributed by atoms with Crippen LogP contribution in [0.3, 0.4) is 0 Å². The summed E-state index contributed by atoms with van der Waals surface area (Å²) < 4.78 is 5.30. The molecule has 0 bridgehead atoms. The number of hydrogen-bond acceptors (Lipinski definition) is 4. The topological polar surface area (TPSA) is 75.8 Å². The van der Waals surface area contributed by atoms with Gasteiger partial charge < -0.3 is 20.5 Å². The van der Waals surface area contributed by atoms with E-state index in [0.717, 1.165) is 0 Å². The number of nitrogen functional groups attached to an aromatic ring is 1. The highest BCUT2D eigenvalue weighted by molar-refractivity contribution is 6.34. The summed E-state index contributed by atoms with van der Waals surface area (Å²) in [6, 6.07) is 4.97. The molecule has 5 nitrogen and oxygen atoms in total. The number of anilines is 1. The molecule has 1 atom stereocenters. The number of rotatable bonds is 2. The molecule has 2 rings (SSSR count). The Balaban J connectivity index is 2.20. The zero-order chi connectivity index (χ0) is 13.1. The third-order valence-corrected chi connectivity index (χ3v) is 3.20. The molecule has 0 aromatic heterocycles. The lowest BCUT2D eigenvalue weighted by molar-refractivity contribution is -0.0447. The van der Waals surface area contributed by atoms with Crippen LogP contribution in [-0.4, -0.2) is 48.3 Å². The minimum Gasteiger partial charge on any atom is -0.398 e. The summed E-state index contributed by atoms with van der Waals surface area (Å²) in [6.45, 7) is 1.11. The van der Waals surface area contributed by atoms with Gasteiger partial charge in [-0.2, -0.15) is 0 Å². The van der Waals surface area contributed by atoms with Crippen LogP contribution < -0.4 is 5.73 Å². The molecule has 1 fully saturated rings. The lowest BCUT2D eigenvalue weighted by Crippen LogP contribution is -2.47. The molecule has 0 radical (unpaired) electrons. The number of ether oxygens (including phenoxy) is 1. The van der Waals surface area contributed by atoms with E-state index in [4.69, 9.17) is 27.2 Å². The fourth-order valence-corrected chi connectivity index (χ4v) is 2.20. The van der Waals surface area contributed by atoms with E-state index in [9.17, 15) is 4.79 Å². The van der Waals surface area contributed by atoms with Crippen molar-refractivity contribution in [1.29, 1.82) is 0 Å². The van der Waals surface area contributed by atoms with E-state index in [0.29, 0.717) is 36.0 Å². The van der Waals surface area contributed by atoms with Crippen LogP contribution in [-0.2, 0) is 4.74 Å². The first-order valence-corrected chi connectivity index (χ1v) is 6.07. The molecule has 1 amide bonds. The van der Waals surface area contributed by atoms with Gasteiger partial charge >= 0.3 is 0 Å². The van der Waals surface area contributed by atoms with Crippen molar-refractivity contribution in [3.8, 4) is 0 Å². The maximum absolute atomic E-state index is 12.3. The Labute approximate surface area is 110 Å². The molecule has 1 heterocycles. The second kappa shape index (κ2) is 5.56. The van der Waals surface area contributed by atoms with E-state index in [-0.39, 0.29) is 18.6 Å². The molecule has 1 aliphatic rings. The monoisotopic (exact) mass is 270 g/mol. The fourth-order valence-electron chi connectivity index (χ4n) is 1.94. The van der Waals surface area contributed by atoms with Gasteiger partial charge in [-0.15, -0.1) is 0 Å². The lowest BCUT2D eigenvalue weighted by atomic mass is 10.1. The molecule has 0 spiro atoms. The van der Waals surface area contributed by atoms with Crippen molar-refractivity contribution in [3.63, 3.8) is 0 Å². The Kier molecular flexibility index (Phi) is 4.06. The highest BCUT2D eigenvalue weighted by Crippen LogP contribution is 2.24. The second-order valence-corrected chi connectivity index (χ2v) is 4.54. The van der Waals surface area contributed by atoms with Gasteiger partial charge in [-0.1, -0.05) is 17.7 Å². The van der Waals surface area contributed by atoms with Gasteiger partial charge in [0.2, 0.25) is 0 Å². The van der Waals surface area contributed by atoms with Crippen LogP contribution in [0.1, 0.15) is 10.4 Å². The van der Waals surface area contributed by atoms with Gasteiger partial charge in [0.05, 0.1) is 29.9 Å². The highest BCUT2D eigenvalue weighted by atomic mass is 35.5. The number of nitrogens with two attached hydrogens (primary N) is 1. The highest BCUT2D eigenvalue weighted by Gasteiger charge is 2.26. The summed E-state index contributed by atoms with van der Waals surface area (Å²) >= 11 is 6.01. The van der Waals surface area contributed by atoms with Crippen LogP contribution in [0.4, 0.5) is 5.69 Å². The first-order chi connectivity index (χ1) is 8.63. The van der Waals surface area contributed by atoms with Crippen molar-refractivity contribution < 1.29 is 14.6 Å². The second-order valence-electron chi connectivity index (χ2n) is 4.13. The number of carbonyl (C=O) groups excluding carboxylic acids is 1. The number of morpholine rings is 1. The zero-order valence-electron chi connectivity index (χ0n) is 9.80. The quantitative estimate of drug-likeness (QED) is 0.778. The maximum atomic E-state index is 12.3. The number of aliphatic hydroxyl groups is 1. The molecule has 3 N–H and O–H groups in total. The number of aliphatic hydroxyl groups excluding tert-OH is 1. The Morgan fingerprint density at radius 1 is 1.61 bits per heavy atom. The van der Waals surface area contributed by atoms with E-state index in [1.54, 1.807) is 23.1 Å². The van der Waals surface area contributed by atoms with Crippen LogP contribution in [0.2, 0.25) is 5.02 Å². The Morgan fingerprint density at radius 2 is 2.39 bits per heavy atom. The van der Waals surface area contributed by atoms with E-state index in [1.165, 1.54) is 0 Å². The molecule has 1 aromatic rings. The maximum Gasteiger partial charge on any atom is 0.257 e. The smallest absolute Gasteiger partial charge is 0.257 e. The molecule has 1 aromatic carbocycles. The molecular weight excluding hydrogens is 256 g/mol. The van der Waals surface area contributed by atoms with Crippen molar-refractivity contribution >= 4 is 23.2 Å². The fraction of sp³-hybridized carbons (Fsp3) is 0.417. The van der Waals surface area contributed by atoms with Gasteiger partial charge in [-0.25, -0.2) is 0 Å². The van der Waals surface area contributed by atoms with Crippen molar-refractivity contribution in [2.24, 2.45) is 0 Å². The van der Waals surface area contributed by atoms with Gasteiger partial charge in [0.25, 0.3) is 5.91 Å². The third kappa shape index (κ3) is 2.58. The summed E-state index contributed by atoms with van der Waals surface area (Å²) in [7, 11) is 0. The predicted octanol–water partition coefficient (Wildman–Crippen LogP) is 0.756. The zero-order valence-corrected chi connectivity index (χ0v) is 10.6. The van der Waals surface area contributed by atoms with Crippen molar-refractivity contribution in [3.05, 3.63) is 28.8 Å². The molecule has 0 saturated carbocycles. The van der Waals surface area contributed by atoms with Gasteiger partial charge in [-0.05, 0) is 12.1 Å². The standard InChI is InChI=1S/C12H15ClN2O3/c13-9-2-1-3-10(14)11(9)12(17)15-4-5-18-8(6-15)7-16/h1-3,8,16H,4-7,14H2. The van der Waals surface area contributed by atoms with E-state index in [2.05, 4.69) is 0 Å². The average Bonchev–Trinajstić information content (AvgIpc) is 2.38. The van der Waals surface area contributed by atoms with Crippen molar-refractivity contribution in [2.75, 3.05) is 32.0 Å². The summed E-state index contributed by atoms with van der Waals surface area (Å²) in [5, 5.41) is 9.40. The Morgan fingerprint density at radius 3 is 3.06 bits per heavy atom. The lowest BCUT2D eigenvalue weighted by Gasteiger charge is -2.32. The molecule has 1 saturated heterocycles. The molecule has 1 aliphatic heterocycles. The number of benzene rings is 1. The summed E-state index contributed by atoms with van der Waals surface area (Å²) in [5.74, 6) is -0.222. The largest absolute Gasteiger partial charge is 0.398 e. The van der Waals surface area contributed by atoms with E-state index in [1.807, 2.05) is 0 Å². The van der Waals surface area contributed by atoms with Crippen molar-refractivity contribution in [1.82, 2.24) is 4.90 Å². The van der Waals surface area contributed by atoms with Crippen LogP contribution in [0.25, 0.3) is 0 Å². The van der Waals surface area contributed by atoms with Gasteiger partial charge in [0.15, 0.2) is 0 Å². The normalized spacial score (nSPS) is 19.9. The SMILES string of the molecule is Nc1cccc(Cl)c1C(=O)N1CCOC(CO)C1. The minimum atomic E-state index is -0.341. The number of halogens is 1. The molecule has 6 heteroatoms.